The average molecular weight is 483 g/mol. The second-order valence-corrected chi connectivity index (χ2v) is 8.68. The van der Waals surface area contributed by atoms with E-state index in [2.05, 4.69) is 15.1 Å². The number of hydrogen-bond donors (Lipinski definition) is 0. The number of piperazine rings is 1. The van der Waals surface area contributed by atoms with Crippen LogP contribution >= 0.6 is 11.6 Å². The van der Waals surface area contributed by atoms with Crippen LogP contribution in [0.25, 0.3) is 11.3 Å². The van der Waals surface area contributed by atoms with Gasteiger partial charge in [-0.25, -0.2) is 0 Å². The third-order valence-electron chi connectivity index (χ3n) is 6.13. The Balaban J connectivity index is 1.27. The second kappa shape index (κ2) is 10.1. The minimum Gasteiger partial charge on any atom is -0.352 e. The van der Waals surface area contributed by atoms with E-state index in [1.807, 2.05) is 54.6 Å². The van der Waals surface area contributed by atoms with Gasteiger partial charge in [-0.3, -0.25) is 9.59 Å². The minimum atomic E-state index is -0.151. The van der Waals surface area contributed by atoms with E-state index in [-0.39, 0.29) is 11.7 Å². The van der Waals surface area contributed by atoms with Gasteiger partial charge in [0.25, 0.3) is 5.91 Å². The summed E-state index contributed by atoms with van der Waals surface area (Å²) in [6.07, 6.45) is 0. The van der Waals surface area contributed by atoms with Gasteiger partial charge in [0.05, 0.1) is 16.3 Å². The van der Waals surface area contributed by atoms with Crippen LogP contribution in [0.1, 0.15) is 26.3 Å². The van der Waals surface area contributed by atoms with Gasteiger partial charge >= 0.3 is 0 Å². The van der Waals surface area contributed by atoms with Crippen molar-refractivity contribution < 1.29 is 9.59 Å². The number of halogens is 1. The van der Waals surface area contributed by atoms with E-state index < -0.39 is 0 Å². The molecule has 1 aliphatic heterocycles. The van der Waals surface area contributed by atoms with Crippen molar-refractivity contribution in [2.45, 2.75) is 0 Å². The predicted molar refractivity (Wildman–Crippen MR) is 137 cm³/mol. The normalized spacial score (nSPS) is 13.5. The Morgan fingerprint density at radius 2 is 1.34 bits per heavy atom. The molecule has 0 radical (unpaired) electrons. The number of anilines is 1. The molecule has 1 aromatic heterocycles. The van der Waals surface area contributed by atoms with E-state index in [1.165, 1.54) is 0 Å². The van der Waals surface area contributed by atoms with Crippen molar-refractivity contribution in [1.29, 1.82) is 0 Å². The minimum absolute atomic E-state index is 0.135. The van der Waals surface area contributed by atoms with Crippen molar-refractivity contribution in [1.82, 2.24) is 15.1 Å². The highest BCUT2D eigenvalue weighted by Crippen LogP contribution is 2.26. The first-order chi connectivity index (χ1) is 17.1. The molecule has 6 nitrogen and oxygen atoms in total. The zero-order valence-corrected chi connectivity index (χ0v) is 19.7. The topological polar surface area (TPSA) is 66.4 Å². The Bertz CT molecular complexity index is 1350. The molecule has 3 aromatic carbocycles. The Kier molecular flexibility index (Phi) is 6.55. The van der Waals surface area contributed by atoms with Crippen LogP contribution in [-0.4, -0.2) is 53.0 Å². The zero-order chi connectivity index (χ0) is 24.2. The summed E-state index contributed by atoms with van der Waals surface area (Å²) in [6.45, 7) is 2.31. The van der Waals surface area contributed by atoms with Crippen molar-refractivity contribution in [3.05, 3.63) is 113 Å². The number of nitrogens with zero attached hydrogens (tertiary/aromatic N) is 4. The standard InChI is InChI=1S/C28H23ClN4O2/c29-24-13-7-6-12-23(24)25-14-15-26(31-30-25)32-16-18-33(19-17-32)28(35)22-11-5-4-10-21(22)27(34)20-8-2-1-3-9-20/h1-15H,16-19H2. The average Bonchev–Trinajstić information content (AvgIpc) is 2.93. The van der Waals surface area contributed by atoms with Gasteiger partial charge in [-0.2, -0.15) is 0 Å². The molecule has 4 aromatic rings. The van der Waals surface area contributed by atoms with Gasteiger partial charge in [0.15, 0.2) is 11.6 Å². The van der Waals surface area contributed by atoms with Crippen LogP contribution in [-0.2, 0) is 0 Å². The molecule has 0 atom stereocenters. The van der Waals surface area contributed by atoms with E-state index in [0.717, 1.165) is 11.4 Å². The number of aromatic nitrogens is 2. The van der Waals surface area contributed by atoms with Crippen LogP contribution in [0.15, 0.2) is 91.0 Å². The SMILES string of the molecule is O=C(c1ccccc1)c1ccccc1C(=O)N1CCN(c2ccc(-c3ccccc3Cl)nn2)CC1. The van der Waals surface area contributed by atoms with E-state index in [4.69, 9.17) is 11.6 Å². The maximum Gasteiger partial charge on any atom is 0.254 e. The van der Waals surface area contributed by atoms with E-state index >= 15 is 0 Å². The van der Waals surface area contributed by atoms with Crippen molar-refractivity contribution in [3.63, 3.8) is 0 Å². The molecule has 35 heavy (non-hydrogen) atoms. The fraction of sp³-hybridized carbons (Fsp3) is 0.143. The summed E-state index contributed by atoms with van der Waals surface area (Å²) >= 11 is 6.27. The molecule has 0 unspecified atom stereocenters. The molecule has 2 heterocycles. The molecule has 0 N–H and O–H groups in total. The van der Waals surface area contributed by atoms with Gasteiger partial charge < -0.3 is 9.80 Å². The molecule has 7 heteroatoms. The van der Waals surface area contributed by atoms with Crippen LogP contribution in [0.2, 0.25) is 5.02 Å². The van der Waals surface area contributed by atoms with E-state index in [0.29, 0.717) is 53.6 Å². The fourth-order valence-corrected chi connectivity index (χ4v) is 4.46. The number of benzene rings is 3. The first-order valence-electron chi connectivity index (χ1n) is 11.4. The van der Waals surface area contributed by atoms with Crippen molar-refractivity contribution >= 4 is 29.1 Å². The predicted octanol–water partition coefficient (Wildman–Crippen LogP) is 4.99. The summed E-state index contributed by atoms with van der Waals surface area (Å²) in [6, 6.07) is 27.4. The smallest absolute Gasteiger partial charge is 0.254 e. The summed E-state index contributed by atoms with van der Waals surface area (Å²) in [5, 5.41) is 9.37. The molecule has 0 bridgehead atoms. The molecule has 0 aliphatic carbocycles. The maximum atomic E-state index is 13.3. The lowest BCUT2D eigenvalue weighted by Crippen LogP contribution is -2.49. The molecular formula is C28H23ClN4O2. The fourth-order valence-electron chi connectivity index (χ4n) is 4.23. The summed E-state index contributed by atoms with van der Waals surface area (Å²) in [5.74, 6) is 0.472. The Morgan fingerprint density at radius 1 is 0.686 bits per heavy atom. The van der Waals surface area contributed by atoms with Crippen molar-refractivity contribution in [2.75, 3.05) is 31.1 Å². The largest absolute Gasteiger partial charge is 0.352 e. The number of carbonyl (C=O) groups excluding carboxylic acids is 2. The van der Waals surface area contributed by atoms with Crippen LogP contribution in [0.4, 0.5) is 5.82 Å². The second-order valence-electron chi connectivity index (χ2n) is 8.28. The Hall–Kier alpha value is -4.03. The van der Waals surface area contributed by atoms with Crippen molar-refractivity contribution in [2.24, 2.45) is 0 Å². The first-order valence-corrected chi connectivity index (χ1v) is 11.8. The first kappa shape index (κ1) is 22.7. The molecule has 5 rings (SSSR count). The highest BCUT2D eigenvalue weighted by molar-refractivity contribution is 6.33. The molecule has 1 amide bonds. The van der Waals surface area contributed by atoms with Crippen LogP contribution < -0.4 is 4.90 Å². The summed E-state index contributed by atoms with van der Waals surface area (Å²) in [5.41, 5.74) is 2.97. The quantitative estimate of drug-likeness (QED) is 0.375. The summed E-state index contributed by atoms with van der Waals surface area (Å²) < 4.78 is 0. The maximum absolute atomic E-state index is 13.3. The van der Waals surface area contributed by atoms with Gasteiger partial charge in [-0.1, -0.05) is 78.3 Å². The Morgan fingerprint density at radius 3 is 2.03 bits per heavy atom. The molecule has 0 spiro atoms. The third kappa shape index (κ3) is 4.79. The van der Waals surface area contributed by atoms with Crippen LogP contribution in [0.5, 0.6) is 0 Å². The molecular weight excluding hydrogens is 460 g/mol. The van der Waals surface area contributed by atoms with Crippen LogP contribution in [0, 0.1) is 0 Å². The third-order valence-corrected chi connectivity index (χ3v) is 6.46. The van der Waals surface area contributed by atoms with Gasteiger partial charge in [0, 0.05) is 42.9 Å². The summed E-state index contributed by atoms with van der Waals surface area (Å²) in [7, 11) is 0. The molecule has 0 saturated carbocycles. The zero-order valence-electron chi connectivity index (χ0n) is 19.0. The number of carbonyl (C=O) groups is 2. The van der Waals surface area contributed by atoms with Crippen LogP contribution in [0.3, 0.4) is 0 Å². The lowest BCUT2D eigenvalue weighted by atomic mass is 9.97. The Labute approximate surface area is 208 Å². The molecule has 1 aliphatic rings. The monoisotopic (exact) mass is 482 g/mol. The number of ketones is 1. The van der Waals surface area contributed by atoms with E-state index in [1.54, 1.807) is 41.3 Å². The summed E-state index contributed by atoms with van der Waals surface area (Å²) in [4.78, 5) is 30.3. The number of hydrogen-bond acceptors (Lipinski definition) is 5. The van der Waals surface area contributed by atoms with Gasteiger partial charge in [-0.05, 0) is 24.3 Å². The number of rotatable bonds is 5. The molecule has 1 fully saturated rings. The van der Waals surface area contributed by atoms with Gasteiger partial charge in [-0.15, -0.1) is 10.2 Å². The molecule has 1 saturated heterocycles. The van der Waals surface area contributed by atoms with Gasteiger partial charge in [0.1, 0.15) is 0 Å². The van der Waals surface area contributed by atoms with E-state index in [9.17, 15) is 9.59 Å². The van der Waals surface area contributed by atoms with Crippen molar-refractivity contribution in [3.8, 4) is 11.3 Å². The lowest BCUT2D eigenvalue weighted by Gasteiger charge is -2.35. The highest BCUT2D eigenvalue weighted by atomic mass is 35.5. The van der Waals surface area contributed by atoms with Gasteiger partial charge in [0.2, 0.25) is 0 Å². The number of amides is 1. The molecule has 174 valence electrons. The lowest BCUT2D eigenvalue weighted by molar-refractivity contribution is 0.0742. The highest BCUT2D eigenvalue weighted by Gasteiger charge is 2.26.